The number of hydrogen-bond acceptors (Lipinski definition) is 1. The molecule has 0 fully saturated rings. The summed E-state index contributed by atoms with van der Waals surface area (Å²) >= 11 is 5.71. The Morgan fingerprint density at radius 3 is 2.60 bits per heavy atom. The van der Waals surface area contributed by atoms with Crippen LogP contribution in [0, 0.1) is 11.8 Å². The summed E-state index contributed by atoms with van der Waals surface area (Å²) < 4.78 is 0. The minimum Gasteiger partial charge on any atom is -0.279 e. The van der Waals surface area contributed by atoms with Gasteiger partial charge in [0.05, 0.1) is 0 Å². The summed E-state index contributed by atoms with van der Waals surface area (Å²) in [6.07, 6.45) is 2.93. The molecule has 0 aliphatic heterocycles. The SMILES string of the molecule is CCCCC#CC(=O)c1ccc(Cl)cc1. The molecule has 0 unspecified atom stereocenters. The molecule has 1 rings (SSSR count). The summed E-state index contributed by atoms with van der Waals surface area (Å²) in [6.45, 7) is 2.10. The second-order valence-corrected chi connectivity index (χ2v) is 3.68. The number of hydrogen-bond donors (Lipinski definition) is 0. The highest BCUT2D eigenvalue weighted by Crippen LogP contribution is 2.09. The van der Waals surface area contributed by atoms with Crippen LogP contribution in [0.4, 0.5) is 0 Å². The highest BCUT2D eigenvalue weighted by Gasteiger charge is 2.00. The van der Waals surface area contributed by atoms with Gasteiger partial charge in [-0.3, -0.25) is 4.79 Å². The molecular weight excluding hydrogens is 208 g/mol. The van der Waals surface area contributed by atoms with Crippen molar-refractivity contribution in [3.05, 3.63) is 34.9 Å². The van der Waals surface area contributed by atoms with E-state index in [0.717, 1.165) is 19.3 Å². The number of carbonyl (C=O) groups excluding carboxylic acids is 1. The molecule has 78 valence electrons. The molecule has 2 heteroatoms. The van der Waals surface area contributed by atoms with E-state index in [2.05, 4.69) is 18.8 Å². The van der Waals surface area contributed by atoms with Crippen LogP contribution in [0.2, 0.25) is 5.02 Å². The molecule has 0 aromatic heterocycles. The minimum absolute atomic E-state index is 0.136. The van der Waals surface area contributed by atoms with Gasteiger partial charge in [-0.1, -0.05) is 30.9 Å². The number of carbonyl (C=O) groups is 1. The summed E-state index contributed by atoms with van der Waals surface area (Å²) in [5.41, 5.74) is 0.600. The van der Waals surface area contributed by atoms with Crippen molar-refractivity contribution in [1.29, 1.82) is 0 Å². The van der Waals surface area contributed by atoms with Gasteiger partial charge in [0.1, 0.15) is 0 Å². The molecule has 1 aromatic carbocycles. The van der Waals surface area contributed by atoms with Gasteiger partial charge in [-0.15, -0.1) is 0 Å². The van der Waals surface area contributed by atoms with E-state index in [1.54, 1.807) is 24.3 Å². The lowest BCUT2D eigenvalue weighted by molar-refractivity contribution is 0.105. The molecule has 1 aromatic rings. The van der Waals surface area contributed by atoms with E-state index in [0.29, 0.717) is 10.6 Å². The Bertz CT molecular complexity index is 381. The molecule has 15 heavy (non-hydrogen) atoms. The molecule has 0 saturated heterocycles. The van der Waals surface area contributed by atoms with E-state index in [9.17, 15) is 4.79 Å². The third-order valence-corrected chi connectivity index (χ3v) is 2.22. The van der Waals surface area contributed by atoms with Crippen molar-refractivity contribution in [2.75, 3.05) is 0 Å². The van der Waals surface area contributed by atoms with E-state index in [4.69, 9.17) is 11.6 Å². The molecular formula is C13H13ClO. The van der Waals surface area contributed by atoms with E-state index in [1.165, 1.54) is 0 Å². The van der Waals surface area contributed by atoms with Gasteiger partial charge >= 0.3 is 0 Å². The van der Waals surface area contributed by atoms with Crippen LogP contribution >= 0.6 is 11.6 Å². The molecule has 0 bridgehead atoms. The largest absolute Gasteiger partial charge is 0.279 e. The molecule has 0 atom stereocenters. The smallest absolute Gasteiger partial charge is 0.235 e. The Kier molecular flexibility index (Phi) is 4.93. The lowest BCUT2D eigenvalue weighted by atomic mass is 10.1. The third-order valence-electron chi connectivity index (χ3n) is 1.96. The normalized spacial score (nSPS) is 9.20. The second-order valence-electron chi connectivity index (χ2n) is 3.24. The van der Waals surface area contributed by atoms with Crippen molar-refractivity contribution in [1.82, 2.24) is 0 Å². The van der Waals surface area contributed by atoms with E-state index < -0.39 is 0 Å². The summed E-state index contributed by atoms with van der Waals surface area (Å²) in [6, 6.07) is 6.78. The fourth-order valence-electron chi connectivity index (χ4n) is 1.08. The predicted octanol–water partition coefficient (Wildman–Crippen LogP) is 3.72. The van der Waals surface area contributed by atoms with Gasteiger partial charge in [-0.05, 0) is 36.6 Å². The third kappa shape index (κ3) is 4.18. The quantitative estimate of drug-likeness (QED) is 0.329. The number of unbranched alkanes of at least 4 members (excludes halogenated alkanes) is 2. The Morgan fingerprint density at radius 1 is 1.33 bits per heavy atom. The van der Waals surface area contributed by atoms with Crippen LogP contribution in [0.15, 0.2) is 24.3 Å². The number of benzene rings is 1. The fourth-order valence-corrected chi connectivity index (χ4v) is 1.21. The molecule has 0 spiro atoms. The van der Waals surface area contributed by atoms with Gasteiger partial charge in [0, 0.05) is 17.0 Å². The van der Waals surface area contributed by atoms with Crippen LogP contribution in [-0.2, 0) is 0 Å². The van der Waals surface area contributed by atoms with Crippen molar-refractivity contribution in [2.45, 2.75) is 26.2 Å². The van der Waals surface area contributed by atoms with Crippen molar-refractivity contribution >= 4 is 17.4 Å². The average molecular weight is 221 g/mol. The van der Waals surface area contributed by atoms with Crippen molar-refractivity contribution in [3.63, 3.8) is 0 Å². The summed E-state index contributed by atoms with van der Waals surface area (Å²) in [4.78, 5) is 11.5. The molecule has 0 heterocycles. The summed E-state index contributed by atoms with van der Waals surface area (Å²) in [5.74, 6) is 5.35. The van der Waals surface area contributed by atoms with Crippen LogP contribution in [0.25, 0.3) is 0 Å². The van der Waals surface area contributed by atoms with Crippen molar-refractivity contribution < 1.29 is 4.79 Å². The minimum atomic E-state index is -0.136. The van der Waals surface area contributed by atoms with Gasteiger partial charge in [-0.25, -0.2) is 0 Å². The van der Waals surface area contributed by atoms with Gasteiger partial charge in [0.15, 0.2) is 0 Å². The van der Waals surface area contributed by atoms with E-state index in [1.807, 2.05) is 0 Å². The molecule has 0 aliphatic rings. The molecule has 0 saturated carbocycles. The number of ketones is 1. The molecule has 0 aliphatic carbocycles. The van der Waals surface area contributed by atoms with Crippen molar-refractivity contribution in [2.24, 2.45) is 0 Å². The van der Waals surface area contributed by atoms with Gasteiger partial charge in [0.25, 0.3) is 0 Å². The Morgan fingerprint density at radius 2 is 2.00 bits per heavy atom. The van der Waals surface area contributed by atoms with Gasteiger partial charge in [0.2, 0.25) is 5.78 Å². The summed E-state index contributed by atoms with van der Waals surface area (Å²) in [7, 11) is 0. The topological polar surface area (TPSA) is 17.1 Å². The maximum atomic E-state index is 11.5. The number of halogens is 1. The van der Waals surface area contributed by atoms with Gasteiger partial charge in [-0.2, -0.15) is 0 Å². The van der Waals surface area contributed by atoms with Gasteiger partial charge < -0.3 is 0 Å². The van der Waals surface area contributed by atoms with E-state index >= 15 is 0 Å². The fraction of sp³-hybridized carbons (Fsp3) is 0.308. The van der Waals surface area contributed by atoms with Crippen LogP contribution in [-0.4, -0.2) is 5.78 Å². The Hall–Kier alpha value is -1.26. The Labute approximate surface area is 95.5 Å². The highest BCUT2D eigenvalue weighted by molar-refractivity contribution is 6.30. The molecule has 1 nitrogen and oxygen atoms in total. The zero-order valence-electron chi connectivity index (χ0n) is 8.72. The van der Waals surface area contributed by atoms with Crippen LogP contribution in [0.3, 0.4) is 0 Å². The zero-order valence-corrected chi connectivity index (χ0v) is 9.47. The predicted molar refractivity (Wildman–Crippen MR) is 63.1 cm³/mol. The van der Waals surface area contributed by atoms with E-state index in [-0.39, 0.29) is 5.78 Å². The highest BCUT2D eigenvalue weighted by atomic mass is 35.5. The monoisotopic (exact) mass is 220 g/mol. The lowest BCUT2D eigenvalue weighted by Gasteiger charge is -1.93. The maximum absolute atomic E-state index is 11.5. The molecule has 0 N–H and O–H groups in total. The molecule has 0 amide bonds. The first-order valence-corrected chi connectivity index (χ1v) is 5.40. The van der Waals surface area contributed by atoms with Crippen molar-refractivity contribution in [3.8, 4) is 11.8 Å². The average Bonchev–Trinajstić information content (AvgIpc) is 2.25. The second kappa shape index (κ2) is 6.27. The Balaban J connectivity index is 2.60. The first-order valence-electron chi connectivity index (χ1n) is 5.03. The first-order chi connectivity index (χ1) is 7.24. The number of rotatable bonds is 3. The number of Topliss-reactive ketones (excluding diaryl/α,β-unsaturated/α-hetero) is 1. The zero-order chi connectivity index (χ0) is 11.1. The van der Waals surface area contributed by atoms with Crippen LogP contribution in [0.1, 0.15) is 36.5 Å². The van der Waals surface area contributed by atoms with Crippen LogP contribution in [0.5, 0.6) is 0 Å². The standard InChI is InChI=1S/C13H13ClO/c1-2-3-4-5-6-13(15)11-7-9-12(14)10-8-11/h7-10H,2-4H2,1H3. The lowest BCUT2D eigenvalue weighted by Crippen LogP contribution is -1.93. The summed E-state index contributed by atoms with van der Waals surface area (Å²) in [5, 5.41) is 0.630. The maximum Gasteiger partial charge on any atom is 0.235 e. The molecule has 0 radical (unpaired) electrons. The first kappa shape index (κ1) is 11.8. The van der Waals surface area contributed by atoms with Crippen LogP contribution < -0.4 is 0 Å².